The maximum atomic E-state index is 11.4. The second-order valence-electron chi connectivity index (χ2n) is 3.94. The van der Waals surface area contributed by atoms with E-state index in [4.69, 9.17) is 24.9 Å². The summed E-state index contributed by atoms with van der Waals surface area (Å²) in [7, 11) is 5.56. The van der Waals surface area contributed by atoms with Crippen molar-refractivity contribution in [3.63, 3.8) is 0 Å². The van der Waals surface area contributed by atoms with Gasteiger partial charge in [0.1, 0.15) is 5.75 Å². The van der Waals surface area contributed by atoms with Crippen molar-refractivity contribution >= 4 is 31.6 Å². The van der Waals surface area contributed by atoms with E-state index in [0.717, 1.165) is 6.08 Å². The lowest BCUT2D eigenvalue weighted by Gasteiger charge is -2.12. The van der Waals surface area contributed by atoms with Crippen molar-refractivity contribution in [1.82, 2.24) is 0 Å². The van der Waals surface area contributed by atoms with Crippen LogP contribution in [0.5, 0.6) is 17.2 Å². The van der Waals surface area contributed by atoms with Gasteiger partial charge in [-0.05, 0) is 23.8 Å². The van der Waals surface area contributed by atoms with Crippen molar-refractivity contribution < 1.29 is 27.4 Å². The maximum absolute atomic E-state index is 11.4. The molecule has 1 rings (SSSR count). The van der Waals surface area contributed by atoms with Crippen LogP contribution >= 0.6 is 10.7 Å². The van der Waals surface area contributed by atoms with Gasteiger partial charge in [0.25, 0.3) is 0 Å². The minimum atomic E-state index is -3.86. The fourth-order valence-electron chi connectivity index (χ4n) is 1.60. The highest BCUT2D eigenvalue weighted by atomic mass is 35.7. The number of ether oxygens (including phenoxy) is 3. The number of hydrogen-bond acceptors (Lipinski definition) is 6. The third-order valence-electron chi connectivity index (χ3n) is 2.46. The number of benzene rings is 1. The van der Waals surface area contributed by atoms with Gasteiger partial charge < -0.3 is 14.2 Å². The zero-order valence-electron chi connectivity index (χ0n) is 11.8. The molecule has 0 saturated carbocycles. The first-order valence-corrected chi connectivity index (χ1v) is 8.21. The van der Waals surface area contributed by atoms with Crippen LogP contribution in [-0.2, 0) is 13.8 Å². The molecule has 1 aromatic carbocycles. The normalized spacial score (nSPS) is 11.4. The molecule has 0 heterocycles. The van der Waals surface area contributed by atoms with Crippen LogP contribution in [0.25, 0.3) is 6.08 Å². The molecular formula is C13H15ClO6S. The van der Waals surface area contributed by atoms with E-state index in [1.165, 1.54) is 27.4 Å². The third kappa shape index (κ3) is 5.28. The highest BCUT2D eigenvalue weighted by Crippen LogP contribution is 2.38. The number of halogens is 1. The Morgan fingerprint density at radius 1 is 1.14 bits per heavy atom. The van der Waals surface area contributed by atoms with Crippen LogP contribution in [0.3, 0.4) is 0 Å². The molecular weight excluding hydrogens is 320 g/mol. The Morgan fingerprint density at radius 2 is 1.67 bits per heavy atom. The molecule has 0 unspecified atom stereocenters. The molecule has 0 aliphatic carbocycles. The van der Waals surface area contributed by atoms with E-state index in [2.05, 4.69) is 0 Å². The van der Waals surface area contributed by atoms with Gasteiger partial charge in [-0.3, -0.25) is 4.79 Å². The number of hydrogen-bond donors (Lipinski definition) is 0. The van der Waals surface area contributed by atoms with E-state index in [9.17, 15) is 13.2 Å². The first kappa shape index (κ1) is 17.3. The second-order valence-corrected chi connectivity index (χ2v) is 6.72. The largest absolute Gasteiger partial charge is 0.493 e. The summed E-state index contributed by atoms with van der Waals surface area (Å²) < 4.78 is 37.1. The summed E-state index contributed by atoms with van der Waals surface area (Å²) in [6, 6.07) is 3.25. The van der Waals surface area contributed by atoms with E-state index in [1.807, 2.05) is 0 Å². The van der Waals surface area contributed by atoms with E-state index in [-0.39, 0.29) is 0 Å². The number of methoxy groups -OCH3 is 3. The van der Waals surface area contributed by atoms with E-state index >= 15 is 0 Å². The molecule has 0 fully saturated rings. The van der Waals surface area contributed by atoms with E-state index < -0.39 is 20.6 Å². The van der Waals surface area contributed by atoms with Gasteiger partial charge in [-0.1, -0.05) is 6.08 Å². The van der Waals surface area contributed by atoms with Crippen LogP contribution in [0.4, 0.5) is 0 Å². The second kappa shape index (κ2) is 7.33. The number of allylic oxidation sites excluding steroid dienone is 1. The van der Waals surface area contributed by atoms with E-state index in [1.54, 1.807) is 12.1 Å². The topological polar surface area (TPSA) is 78.9 Å². The van der Waals surface area contributed by atoms with Crippen molar-refractivity contribution in [2.24, 2.45) is 0 Å². The van der Waals surface area contributed by atoms with Crippen molar-refractivity contribution in [2.75, 3.05) is 27.1 Å². The lowest BCUT2D eigenvalue weighted by atomic mass is 10.1. The molecule has 8 heteroatoms. The van der Waals surface area contributed by atoms with Crippen LogP contribution < -0.4 is 14.2 Å². The maximum Gasteiger partial charge on any atom is 0.240 e. The van der Waals surface area contributed by atoms with Gasteiger partial charge in [-0.2, -0.15) is 0 Å². The summed E-state index contributed by atoms with van der Waals surface area (Å²) in [5, 5.41) is 0. The molecule has 0 radical (unpaired) electrons. The van der Waals surface area contributed by atoms with Gasteiger partial charge in [0.2, 0.25) is 14.8 Å². The predicted molar refractivity (Wildman–Crippen MR) is 79.8 cm³/mol. The van der Waals surface area contributed by atoms with Gasteiger partial charge in [0, 0.05) is 10.7 Å². The molecule has 0 spiro atoms. The van der Waals surface area contributed by atoms with Crippen LogP contribution in [0.1, 0.15) is 5.56 Å². The SMILES string of the molecule is COc1cc(/C=C/C(=O)CS(=O)(=O)Cl)cc(OC)c1OC. The number of rotatable bonds is 7. The fourth-order valence-corrected chi connectivity index (χ4v) is 2.36. The summed E-state index contributed by atoms with van der Waals surface area (Å²) in [5.41, 5.74) is 0.588. The summed E-state index contributed by atoms with van der Waals surface area (Å²) in [5.74, 6) is -0.108. The molecule has 0 aliphatic rings. The van der Waals surface area contributed by atoms with Gasteiger partial charge >= 0.3 is 0 Å². The van der Waals surface area contributed by atoms with Crippen molar-refractivity contribution in [2.45, 2.75) is 0 Å². The average molecular weight is 335 g/mol. The highest BCUT2D eigenvalue weighted by Gasteiger charge is 2.13. The quantitative estimate of drug-likeness (QED) is 0.559. The average Bonchev–Trinajstić information content (AvgIpc) is 2.41. The summed E-state index contributed by atoms with van der Waals surface area (Å²) in [6.07, 6.45) is 2.56. The minimum absolute atomic E-state index is 0.423. The smallest absolute Gasteiger partial charge is 0.240 e. The Morgan fingerprint density at radius 3 is 2.05 bits per heavy atom. The summed E-state index contributed by atoms with van der Waals surface area (Å²) in [4.78, 5) is 11.4. The molecule has 0 bridgehead atoms. The van der Waals surface area contributed by atoms with Crippen LogP contribution in [0.2, 0.25) is 0 Å². The predicted octanol–water partition coefficient (Wildman–Crippen LogP) is 1.86. The van der Waals surface area contributed by atoms with Gasteiger partial charge in [0.15, 0.2) is 17.3 Å². The van der Waals surface area contributed by atoms with Gasteiger partial charge in [-0.15, -0.1) is 0 Å². The Balaban J connectivity index is 3.06. The highest BCUT2D eigenvalue weighted by molar-refractivity contribution is 8.14. The molecule has 0 atom stereocenters. The lowest BCUT2D eigenvalue weighted by molar-refractivity contribution is -0.112. The molecule has 21 heavy (non-hydrogen) atoms. The fraction of sp³-hybridized carbons (Fsp3) is 0.308. The minimum Gasteiger partial charge on any atom is -0.493 e. The first-order chi connectivity index (χ1) is 9.80. The van der Waals surface area contributed by atoms with E-state index in [0.29, 0.717) is 22.8 Å². The Labute approximate surface area is 127 Å². The zero-order chi connectivity index (χ0) is 16.0. The van der Waals surface area contributed by atoms with Crippen LogP contribution in [-0.4, -0.2) is 41.3 Å². The summed E-state index contributed by atoms with van der Waals surface area (Å²) in [6.45, 7) is 0. The van der Waals surface area contributed by atoms with Crippen LogP contribution in [0.15, 0.2) is 18.2 Å². The molecule has 0 aliphatic heterocycles. The van der Waals surface area contributed by atoms with Gasteiger partial charge in [-0.25, -0.2) is 8.42 Å². The molecule has 1 aromatic rings. The van der Waals surface area contributed by atoms with Crippen molar-refractivity contribution in [3.05, 3.63) is 23.8 Å². The summed E-state index contributed by atoms with van der Waals surface area (Å²) >= 11 is 0. The monoisotopic (exact) mass is 334 g/mol. The molecule has 116 valence electrons. The van der Waals surface area contributed by atoms with Crippen molar-refractivity contribution in [3.8, 4) is 17.2 Å². The first-order valence-electron chi connectivity index (χ1n) is 5.74. The van der Waals surface area contributed by atoms with Crippen LogP contribution in [0, 0.1) is 0 Å². The molecule has 0 saturated heterocycles. The Hall–Kier alpha value is -1.73. The third-order valence-corrected chi connectivity index (χ3v) is 3.42. The Bertz CT molecular complexity index is 626. The Kier molecular flexibility index (Phi) is 6.04. The van der Waals surface area contributed by atoms with Gasteiger partial charge in [0.05, 0.1) is 21.3 Å². The lowest BCUT2D eigenvalue weighted by Crippen LogP contribution is -2.07. The number of ketones is 1. The number of carbonyl (C=O) groups is 1. The molecule has 6 nitrogen and oxygen atoms in total. The van der Waals surface area contributed by atoms with Crippen molar-refractivity contribution in [1.29, 1.82) is 0 Å². The standard InChI is InChI=1S/C13H15ClO6S/c1-18-11-6-9(7-12(19-2)13(11)20-3)4-5-10(15)8-21(14,16)17/h4-7H,8H2,1-3H3/b5-4+. The molecule has 0 amide bonds. The zero-order valence-corrected chi connectivity index (χ0v) is 13.3. The molecule has 0 N–H and O–H groups in total. The number of carbonyl (C=O) groups excluding carboxylic acids is 1. The molecule has 0 aromatic heterocycles.